The van der Waals surface area contributed by atoms with Crippen LogP contribution in [0.5, 0.6) is 0 Å². The van der Waals surface area contributed by atoms with E-state index in [9.17, 15) is 9.59 Å². The molecule has 1 aliphatic heterocycles. The first-order chi connectivity index (χ1) is 12.5. The van der Waals surface area contributed by atoms with Crippen molar-refractivity contribution < 1.29 is 9.59 Å². The maximum atomic E-state index is 13.1. The highest BCUT2D eigenvalue weighted by Gasteiger charge is 2.25. The zero-order valence-electron chi connectivity index (χ0n) is 15.3. The maximum Gasteiger partial charge on any atom is 0.260 e. The Labute approximate surface area is 158 Å². The molecule has 0 aromatic heterocycles. The van der Waals surface area contributed by atoms with E-state index in [0.717, 1.165) is 39.7 Å². The van der Waals surface area contributed by atoms with Crippen LogP contribution in [0, 0.1) is 13.8 Å². The average Bonchev–Trinajstić information content (AvgIpc) is 2.62. The summed E-state index contributed by atoms with van der Waals surface area (Å²) in [5, 5.41) is 0.719. The van der Waals surface area contributed by atoms with Crippen molar-refractivity contribution in [1.29, 1.82) is 0 Å². The van der Waals surface area contributed by atoms with Gasteiger partial charge in [-0.3, -0.25) is 14.5 Å². The number of amidine groups is 1. The molecule has 0 unspecified atom stereocenters. The number of hydrogen-bond acceptors (Lipinski definition) is 4. The number of thioether (sulfide) groups is 1. The lowest BCUT2D eigenvalue weighted by molar-refractivity contribution is 0.0848. The molecule has 1 aliphatic rings. The van der Waals surface area contributed by atoms with E-state index >= 15 is 0 Å². The van der Waals surface area contributed by atoms with Gasteiger partial charge in [-0.15, -0.1) is 0 Å². The second kappa shape index (κ2) is 7.87. The Balaban J connectivity index is 1.89. The van der Waals surface area contributed by atoms with Crippen LogP contribution in [0.2, 0.25) is 0 Å². The van der Waals surface area contributed by atoms with Gasteiger partial charge in [-0.2, -0.15) is 0 Å². The monoisotopic (exact) mass is 366 g/mol. The van der Waals surface area contributed by atoms with Gasteiger partial charge in [-0.1, -0.05) is 29.5 Å². The number of rotatable bonds is 3. The molecule has 0 aliphatic carbocycles. The van der Waals surface area contributed by atoms with Gasteiger partial charge in [-0.25, -0.2) is 4.99 Å². The van der Waals surface area contributed by atoms with E-state index in [2.05, 4.69) is 4.99 Å². The summed E-state index contributed by atoms with van der Waals surface area (Å²) in [6.45, 7) is 6.20. The SMILES string of the molecule is CC(=O)c1ccc(N=C2SCCCN2C(=O)c2ccc(C)cc2C)cc1. The van der Waals surface area contributed by atoms with Crippen molar-refractivity contribution in [1.82, 2.24) is 4.90 Å². The van der Waals surface area contributed by atoms with Gasteiger partial charge in [0.25, 0.3) is 5.91 Å². The largest absolute Gasteiger partial charge is 0.295 e. The zero-order chi connectivity index (χ0) is 18.7. The number of carbonyl (C=O) groups is 2. The van der Waals surface area contributed by atoms with Crippen LogP contribution >= 0.6 is 11.8 Å². The van der Waals surface area contributed by atoms with Crippen LogP contribution in [0.4, 0.5) is 5.69 Å². The molecule has 4 nitrogen and oxygen atoms in total. The molecule has 0 bridgehead atoms. The molecule has 2 aromatic carbocycles. The fraction of sp³-hybridized carbons (Fsp3) is 0.286. The second-order valence-corrected chi connectivity index (χ2v) is 7.54. The second-order valence-electron chi connectivity index (χ2n) is 6.47. The minimum Gasteiger partial charge on any atom is -0.295 e. The molecule has 0 spiro atoms. The molecule has 26 heavy (non-hydrogen) atoms. The molecular weight excluding hydrogens is 344 g/mol. The Morgan fingerprint density at radius 3 is 2.46 bits per heavy atom. The van der Waals surface area contributed by atoms with Crippen LogP contribution in [-0.2, 0) is 0 Å². The first-order valence-electron chi connectivity index (χ1n) is 8.67. The van der Waals surface area contributed by atoms with Crippen molar-refractivity contribution in [3.8, 4) is 0 Å². The Kier molecular flexibility index (Phi) is 5.57. The Morgan fingerprint density at radius 2 is 1.81 bits per heavy atom. The average molecular weight is 366 g/mol. The molecule has 5 heteroatoms. The van der Waals surface area contributed by atoms with Crippen LogP contribution in [0.3, 0.4) is 0 Å². The van der Waals surface area contributed by atoms with Gasteiger partial charge < -0.3 is 0 Å². The normalized spacial score (nSPS) is 16.0. The number of nitrogens with zero attached hydrogens (tertiary/aromatic N) is 2. The topological polar surface area (TPSA) is 49.7 Å². The lowest BCUT2D eigenvalue weighted by Gasteiger charge is -2.28. The highest BCUT2D eigenvalue weighted by atomic mass is 32.2. The highest BCUT2D eigenvalue weighted by Crippen LogP contribution is 2.25. The van der Waals surface area contributed by atoms with Crippen molar-refractivity contribution in [2.24, 2.45) is 4.99 Å². The third kappa shape index (κ3) is 4.05. The molecule has 1 heterocycles. The van der Waals surface area contributed by atoms with Gasteiger partial charge >= 0.3 is 0 Å². The Morgan fingerprint density at radius 1 is 1.08 bits per heavy atom. The molecule has 0 atom stereocenters. The maximum absolute atomic E-state index is 13.1. The van der Waals surface area contributed by atoms with Gasteiger partial charge in [0.05, 0.1) is 5.69 Å². The number of ketones is 1. The van der Waals surface area contributed by atoms with Crippen molar-refractivity contribution in [3.05, 3.63) is 64.7 Å². The molecule has 0 saturated carbocycles. The Bertz CT molecular complexity index is 872. The van der Waals surface area contributed by atoms with Crippen molar-refractivity contribution in [2.75, 3.05) is 12.3 Å². The first kappa shape index (κ1) is 18.4. The van der Waals surface area contributed by atoms with Crippen molar-refractivity contribution in [2.45, 2.75) is 27.2 Å². The van der Waals surface area contributed by atoms with Gasteiger partial charge in [0.2, 0.25) is 0 Å². The molecule has 1 saturated heterocycles. The minimum atomic E-state index is -0.00574. The summed E-state index contributed by atoms with van der Waals surface area (Å²) in [4.78, 5) is 30.9. The molecule has 2 aromatic rings. The predicted molar refractivity (Wildman–Crippen MR) is 108 cm³/mol. The molecule has 1 fully saturated rings. The van der Waals surface area contributed by atoms with E-state index < -0.39 is 0 Å². The molecule has 3 rings (SSSR count). The lowest BCUT2D eigenvalue weighted by atomic mass is 10.0. The van der Waals surface area contributed by atoms with E-state index in [-0.39, 0.29) is 11.7 Å². The number of benzene rings is 2. The van der Waals surface area contributed by atoms with E-state index in [4.69, 9.17) is 0 Å². The van der Waals surface area contributed by atoms with Crippen LogP contribution in [0.25, 0.3) is 0 Å². The van der Waals surface area contributed by atoms with Gasteiger partial charge in [0.15, 0.2) is 11.0 Å². The highest BCUT2D eigenvalue weighted by molar-refractivity contribution is 8.13. The van der Waals surface area contributed by atoms with Crippen LogP contribution in [0.1, 0.15) is 45.2 Å². The summed E-state index contributed by atoms with van der Waals surface area (Å²) in [6.07, 6.45) is 0.948. The summed E-state index contributed by atoms with van der Waals surface area (Å²) in [6, 6.07) is 13.1. The summed E-state index contributed by atoms with van der Waals surface area (Å²) >= 11 is 1.60. The zero-order valence-corrected chi connectivity index (χ0v) is 16.1. The summed E-state index contributed by atoms with van der Waals surface area (Å²) in [5.41, 5.74) is 4.26. The quantitative estimate of drug-likeness (QED) is 0.735. The molecule has 134 valence electrons. The first-order valence-corrected chi connectivity index (χ1v) is 9.66. The molecule has 0 N–H and O–H groups in total. The van der Waals surface area contributed by atoms with Crippen LogP contribution in [0.15, 0.2) is 47.5 Å². The number of Topliss-reactive ketones (excluding diaryl/α,β-unsaturated/α-hetero) is 1. The molecular formula is C21H22N2O2S. The van der Waals surface area contributed by atoms with E-state index in [1.807, 2.05) is 44.2 Å². The fourth-order valence-corrected chi connectivity index (χ4v) is 3.88. The van der Waals surface area contributed by atoms with Gasteiger partial charge in [0, 0.05) is 23.4 Å². The third-order valence-corrected chi connectivity index (χ3v) is 5.41. The number of aryl methyl sites for hydroxylation is 2. The summed E-state index contributed by atoms with van der Waals surface area (Å²) < 4.78 is 0. The standard InChI is InChI=1S/C21H22N2O2S/c1-14-5-10-19(15(2)13-14)20(25)23-11-4-12-26-21(23)22-18-8-6-17(7-9-18)16(3)24/h5-10,13H,4,11-12H2,1-3H3. The van der Waals surface area contributed by atoms with E-state index in [0.29, 0.717) is 12.1 Å². The molecule has 0 radical (unpaired) electrons. The van der Waals surface area contributed by atoms with Crippen molar-refractivity contribution >= 4 is 34.3 Å². The number of aliphatic imine (C=N–C) groups is 1. The predicted octanol–water partition coefficient (Wildman–Crippen LogP) is 4.77. The van der Waals surface area contributed by atoms with E-state index in [1.54, 1.807) is 35.7 Å². The lowest BCUT2D eigenvalue weighted by Crippen LogP contribution is -2.39. The van der Waals surface area contributed by atoms with Gasteiger partial charge in [0.1, 0.15) is 0 Å². The number of amides is 1. The van der Waals surface area contributed by atoms with Crippen LogP contribution < -0.4 is 0 Å². The number of hydrogen-bond donors (Lipinski definition) is 0. The Hall–Kier alpha value is -2.40. The minimum absolute atomic E-state index is 0.00574. The van der Waals surface area contributed by atoms with Gasteiger partial charge in [-0.05, 0) is 63.1 Å². The number of carbonyl (C=O) groups excluding carboxylic acids is 2. The molecule has 1 amide bonds. The van der Waals surface area contributed by atoms with Crippen molar-refractivity contribution in [3.63, 3.8) is 0 Å². The van der Waals surface area contributed by atoms with Crippen LogP contribution in [-0.4, -0.2) is 34.1 Å². The van der Waals surface area contributed by atoms with E-state index in [1.165, 1.54) is 0 Å². The third-order valence-electron chi connectivity index (χ3n) is 4.34. The summed E-state index contributed by atoms with van der Waals surface area (Å²) in [5.74, 6) is 0.970. The smallest absolute Gasteiger partial charge is 0.260 e. The summed E-state index contributed by atoms with van der Waals surface area (Å²) in [7, 11) is 0. The fourth-order valence-electron chi connectivity index (χ4n) is 2.92.